The minimum Gasteiger partial charge on any atom is -0.478 e. The molecule has 2 aliphatic heterocycles. The first-order chi connectivity index (χ1) is 26.2. The summed E-state index contributed by atoms with van der Waals surface area (Å²) in [5.41, 5.74) is 7.73. The van der Waals surface area contributed by atoms with E-state index in [1.54, 1.807) is 52.6 Å². The van der Waals surface area contributed by atoms with Crippen LogP contribution < -0.4 is 0 Å². The van der Waals surface area contributed by atoms with Gasteiger partial charge in [-0.1, -0.05) is 30.3 Å². The predicted molar refractivity (Wildman–Crippen MR) is 204 cm³/mol. The van der Waals surface area contributed by atoms with E-state index in [2.05, 4.69) is 10.2 Å². The number of carboxylic acids is 1. The second kappa shape index (κ2) is 15.7. The summed E-state index contributed by atoms with van der Waals surface area (Å²) in [5, 5.41) is 18.1. The van der Waals surface area contributed by atoms with Gasteiger partial charge in [-0.3, -0.25) is 9.59 Å². The highest BCUT2D eigenvalue weighted by Gasteiger charge is 2.24. The molecule has 276 valence electrons. The molecular weight excluding hydrogens is 684 g/mol. The van der Waals surface area contributed by atoms with Gasteiger partial charge in [-0.05, 0) is 99.5 Å². The van der Waals surface area contributed by atoms with Crippen LogP contribution in [0.25, 0.3) is 33.5 Å². The number of fused-ring (bicyclic) bond motifs is 2. The fourth-order valence-electron chi connectivity index (χ4n) is 7.28. The Kier molecular flexibility index (Phi) is 10.5. The van der Waals surface area contributed by atoms with E-state index in [1.165, 1.54) is 20.0 Å². The van der Waals surface area contributed by atoms with E-state index in [1.807, 2.05) is 64.4 Å². The van der Waals surface area contributed by atoms with Gasteiger partial charge < -0.3 is 19.6 Å². The maximum absolute atomic E-state index is 12.9. The molecule has 1 N–H and O–H groups in total. The molecule has 2 fully saturated rings. The standard InChI is InChI=1S/2C21H21N3O3/c1-27-21(26)16-10-8-15(9-11-16)18-6-5-7-19-17(14-22-24(18)19)20(25)23-12-3-2-4-13-23;1-14-12-15(8-9-16(14)21(26)27)18-6-5-7-19-17(13-22-24(18)19)20(25)23-10-3-2-4-11-23/h5-11,14H,2-4,12-13H2,1H3;5-9,12-13H,2-4,10-11H2,1H3,(H,26,27). The maximum atomic E-state index is 12.9. The van der Waals surface area contributed by atoms with Crippen LogP contribution in [-0.2, 0) is 4.74 Å². The number of aromatic carboxylic acids is 1. The van der Waals surface area contributed by atoms with E-state index in [0.717, 1.165) is 85.4 Å². The maximum Gasteiger partial charge on any atom is 0.337 e. The van der Waals surface area contributed by atoms with Crippen molar-refractivity contribution in [3.63, 3.8) is 0 Å². The van der Waals surface area contributed by atoms with Crippen molar-refractivity contribution in [1.82, 2.24) is 29.0 Å². The highest BCUT2D eigenvalue weighted by molar-refractivity contribution is 6.02. The number of carbonyl (C=O) groups excluding carboxylic acids is 3. The van der Waals surface area contributed by atoms with Gasteiger partial charge in [0.2, 0.25) is 0 Å². The number of amides is 2. The average molecular weight is 727 g/mol. The van der Waals surface area contributed by atoms with Gasteiger partial charge in [0.1, 0.15) is 0 Å². The Morgan fingerprint density at radius 1 is 0.611 bits per heavy atom. The zero-order valence-corrected chi connectivity index (χ0v) is 30.4. The second-order valence-corrected chi connectivity index (χ2v) is 13.6. The van der Waals surface area contributed by atoms with Crippen molar-refractivity contribution >= 4 is 34.8 Å². The summed E-state index contributed by atoms with van der Waals surface area (Å²) in [6.45, 7) is 4.99. The predicted octanol–water partition coefficient (Wildman–Crippen LogP) is 7.05. The van der Waals surface area contributed by atoms with Crippen LogP contribution in [0.3, 0.4) is 0 Å². The smallest absolute Gasteiger partial charge is 0.337 e. The second-order valence-electron chi connectivity index (χ2n) is 13.6. The molecule has 2 aliphatic rings. The van der Waals surface area contributed by atoms with Crippen LogP contribution in [0.1, 0.15) is 85.5 Å². The lowest BCUT2D eigenvalue weighted by molar-refractivity contribution is 0.0599. The number of likely N-dealkylation sites (tertiary alicyclic amines) is 2. The van der Waals surface area contributed by atoms with E-state index in [9.17, 15) is 24.3 Å². The van der Waals surface area contributed by atoms with Crippen molar-refractivity contribution in [3.8, 4) is 22.5 Å². The first kappa shape index (κ1) is 36.1. The van der Waals surface area contributed by atoms with Crippen molar-refractivity contribution in [1.29, 1.82) is 0 Å². The van der Waals surface area contributed by atoms with Crippen LogP contribution in [0.2, 0.25) is 0 Å². The number of ether oxygens (including phenoxy) is 1. The van der Waals surface area contributed by atoms with Crippen LogP contribution in [0, 0.1) is 6.92 Å². The van der Waals surface area contributed by atoms with Crippen LogP contribution in [0.5, 0.6) is 0 Å². The average Bonchev–Trinajstić information content (AvgIpc) is 3.86. The Labute approximate surface area is 312 Å². The SMILES string of the molecule is COC(=O)c1ccc(-c2cccc3c(C(=O)N4CCCCC4)cnn23)cc1.Cc1cc(-c2cccc3c(C(=O)N4CCCCC4)cnn23)ccc1C(=O)O. The van der Waals surface area contributed by atoms with Gasteiger partial charge in [0.25, 0.3) is 11.8 Å². The normalized spacial score (nSPS) is 14.4. The van der Waals surface area contributed by atoms with E-state index < -0.39 is 5.97 Å². The van der Waals surface area contributed by atoms with Gasteiger partial charge in [-0.2, -0.15) is 10.2 Å². The molecule has 4 aromatic heterocycles. The van der Waals surface area contributed by atoms with Crippen molar-refractivity contribution in [2.24, 2.45) is 0 Å². The fourth-order valence-corrected chi connectivity index (χ4v) is 7.28. The summed E-state index contributed by atoms with van der Waals surface area (Å²) >= 11 is 0. The number of pyridine rings is 2. The number of piperidine rings is 2. The zero-order chi connectivity index (χ0) is 37.8. The first-order valence-corrected chi connectivity index (χ1v) is 18.3. The molecular formula is C42H42N6O6. The molecule has 54 heavy (non-hydrogen) atoms. The van der Waals surface area contributed by atoms with Crippen molar-refractivity contribution in [2.45, 2.75) is 45.4 Å². The van der Waals surface area contributed by atoms with Crippen molar-refractivity contribution < 1.29 is 29.0 Å². The Balaban J connectivity index is 0.000000167. The highest BCUT2D eigenvalue weighted by atomic mass is 16.5. The van der Waals surface area contributed by atoms with Gasteiger partial charge in [0, 0.05) is 37.3 Å². The Hall–Kier alpha value is -6.30. The summed E-state index contributed by atoms with van der Waals surface area (Å²) in [4.78, 5) is 52.5. The third kappa shape index (κ3) is 7.19. The minimum atomic E-state index is -0.939. The molecule has 0 unspecified atom stereocenters. The number of carboxylic acid groups (broad SMARTS) is 1. The lowest BCUT2D eigenvalue weighted by Gasteiger charge is -2.26. The molecule has 12 heteroatoms. The van der Waals surface area contributed by atoms with Gasteiger partial charge in [-0.25, -0.2) is 18.6 Å². The minimum absolute atomic E-state index is 0.0271. The Morgan fingerprint density at radius 3 is 1.56 bits per heavy atom. The van der Waals surface area contributed by atoms with Gasteiger partial charge in [0.05, 0.1) is 64.2 Å². The van der Waals surface area contributed by atoms with E-state index in [4.69, 9.17) is 4.74 Å². The third-order valence-corrected chi connectivity index (χ3v) is 10.2. The molecule has 2 aromatic carbocycles. The zero-order valence-electron chi connectivity index (χ0n) is 30.4. The van der Waals surface area contributed by atoms with Crippen molar-refractivity contribution in [3.05, 3.63) is 119 Å². The third-order valence-electron chi connectivity index (χ3n) is 10.2. The van der Waals surface area contributed by atoms with Crippen LogP contribution >= 0.6 is 0 Å². The molecule has 0 spiro atoms. The molecule has 0 atom stereocenters. The molecule has 6 heterocycles. The number of esters is 1. The molecule has 0 saturated carbocycles. The monoisotopic (exact) mass is 726 g/mol. The van der Waals surface area contributed by atoms with Crippen LogP contribution in [0.4, 0.5) is 0 Å². The molecule has 8 rings (SSSR count). The highest BCUT2D eigenvalue weighted by Crippen LogP contribution is 2.27. The largest absolute Gasteiger partial charge is 0.478 e. The van der Waals surface area contributed by atoms with Gasteiger partial charge in [0.15, 0.2) is 0 Å². The quantitative estimate of drug-likeness (QED) is 0.180. The summed E-state index contributed by atoms with van der Waals surface area (Å²) in [5.74, 6) is -1.24. The number of nitrogens with zero attached hydrogens (tertiary/aromatic N) is 6. The molecule has 12 nitrogen and oxygen atoms in total. The van der Waals surface area contributed by atoms with E-state index in [-0.39, 0.29) is 23.3 Å². The number of aryl methyl sites for hydroxylation is 1. The molecule has 0 bridgehead atoms. The summed E-state index contributed by atoms with van der Waals surface area (Å²) in [6, 6.07) is 23.9. The number of aromatic nitrogens is 4. The number of rotatable bonds is 6. The fraction of sp³-hybridized carbons (Fsp3) is 0.286. The molecule has 2 amide bonds. The number of hydrogen-bond donors (Lipinski definition) is 1. The van der Waals surface area contributed by atoms with Crippen molar-refractivity contribution in [2.75, 3.05) is 33.3 Å². The lowest BCUT2D eigenvalue weighted by atomic mass is 10.0. The summed E-state index contributed by atoms with van der Waals surface area (Å²) in [7, 11) is 1.36. The Morgan fingerprint density at radius 2 is 1.09 bits per heavy atom. The number of benzene rings is 2. The number of carbonyl (C=O) groups is 4. The Bertz CT molecular complexity index is 2350. The summed E-state index contributed by atoms with van der Waals surface area (Å²) < 4.78 is 8.28. The molecule has 6 aromatic rings. The lowest BCUT2D eigenvalue weighted by Crippen LogP contribution is -2.35. The summed E-state index contributed by atoms with van der Waals surface area (Å²) in [6.07, 6.45) is 9.85. The van der Waals surface area contributed by atoms with E-state index in [0.29, 0.717) is 22.3 Å². The number of methoxy groups -OCH3 is 1. The molecule has 2 saturated heterocycles. The van der Waals surface area contributed by atoms with Crippen LogP contribution in [0.15, 0.2) is 91.3 Å². The van der Waals surface area contributed by atoms with Crippen LogP contribution in [-0.4, -0.2) is 91.2 Å². The first-order valence-electron chi connectivity index (χ1n) is 18.3. The molecule has 0 radical (unpaired) electrons. The van der Waals surface area contributed by atoms with E-state index >= 15 is 0 Å². The molecule has 0 aliphatic carbocycles. The van der Waals surface area contributed by atoms with Gasteiger partial charge >= 0.3 is 11.9 Å². The number of hydrogen-bond acceptors (Lipinski definition) is 7. The topological polar surface area (TPSA) is 139 Å². The van der Waals surface area contributed by atoms with Gasteiger partial charge in [-0.15, -0.1) is 0 Å².